The number of anilines is 1. The maximum absolute atomic E-state index is 16.8. The Balaban J connectivity index is 1.27. The molecule has 4 aromatic rings. The van der Waals surface area contributed by atoms with E-state index in [2.05, 4.69) is 14.8 Å². The van der Waals surface area contributed by atoms with Gasteiger partial charge in [0.1, 0.15) is 35.7 Å². The zero-order chi connectivity index (χ0) is 30.2. The maximum Gasteiger partial charge on any atom is 0.319 e. The number of benzene rings is 3. The number of rotatable bonds is 6. The number of phenols is 1. The number of aromatic hydroxyl groups is 1. The molecule has 4 aliphatic heterocycles. The predicted molar refractivity (Wildman–Crippen MR) is 169 cm³/mol. The van der Waals surface area contributed by atoms with Crippen LogP contribution in [-0.4, -0.2) is 75.0 Å². The van der Waals surface area contributed by atoms with E-state index in [0.29, 0.717) is 63.0 Å². The van der Waals surface area contributed by atoms with Crippen molar-refractivity contribution in [3.8, 4) is 22.9 Å². The molecule has 230 valence electrons. The number of hydrogen-bond donors (Lipinski definition) is 1. The molecule has 0 saturated carbocycles. The molecule has 0 aliphatic carbocycles. The molecular weight excluding hydrogens is 585 g/mol. The van der Waals surface area contributed by atoms with E-state index in [1.165, 1.54) is 12.1 Å². The summed E-state index contributed by atoms with van der Waals surface area (Å²) in [5, 5.41) is 13.4. The van der Waals surface area contributed by atoms with Gasteiger partial charge in [-0.2, -0.15) is 21.7 Å². The summed E-state index contributed by atoms with van der Waals surface area (Å²) in [6, 6.07) is 9.66. The summed E-state index contributed by atoms with van der Waals surface area (Å²) in [6.07, 6.45) is 4.09. The molecule has 10 heteroatoms. The molecule has 4 aliphatic rings. The first-order valence-corrected chi connectivity index (χ1v) is 16.6. The number of nitrogens with zero attached hydrogens (tertiary/aromatic N) is 4. The van der Waals surface area contributed by atoms with Crippen molar-refractivity contribution in [3.63, 3.8) is 0 Å². The Hall–Kier alpha value is -3.24. The van der Waals surface area contributed by atoms with Gasteiger partial charge in [0.15, 0.2) is 5.82 Å². The topological polar surface area (TPSA) is 61.7 Å². The van der Waals surface area contributed by atoms with E-state index in [0.717, 1.165) is 45.3 Å². The Kier molecular flexibility index (Phi) is 6.86. The van der Waals surface area contributed by atoms with Crippen LogP contribution >= 0.6 is 11.8 Å². The summed E-state index contributed by atoms with van der Waals surface area (Å²) in [6.45, 7) is 4.99. The van der Waals surface area contributed by atoms with Gasteiger partial charge in [-0.3, -0.25) is 4.90 Å². The van der Waals surface area contributed by atoms with E-state index in [9.17, 15) is 13.9 Å². The van der Waals surface area contributed by atoms with E-state index < -0.39 is 12.0 Å². The van der Waals surface area contributed by atoms with Crippen LogP contribution in [0.4, 0.5) is 19.0 Å². The highest BCUT2D eigenvalue weighted by atomic mass is 32.2. The van der Waals surface area contributed by atoms with Crippen molar-refractivity contribution in [2.75, 3.05) is 37.7 Å². The number of aryl methyl sites for hydroxylation is 1. The van der Waals surface area contributed by atoms with Gasteiger partial charge in [-0.1, -0.05) is 19.1 Å². The molecule has 4 atom stereocenters. The highest BCUT2D eigenvalue weighted by molar-refractivity contribution is 8.00. The molecule has 4 saturated heterocycles. The highest BCUT2D eigenvalue weighted by Crippen LogP contribution is 2.44. The van der Waals surface area contributed by atoms with Crippen LogP contribution in [0.25, 0.3) is 32.8 Å². The fraction of sp³-hybridized carbons (Fsp3) is 0.471. The largest absolute Gasteiger partial charge is 0.508 e. The van der Waals surface area contributed by atoms with Crippen LogP contribution in [0.5, 0.6) is 11.8 Å². The Morgan fingerprint density at radius 3 is 2.66 bits per heavy atom. The SMILES string of the molecule is CCc1c(F)ccc2cc(O)cc(-c3ccc4c(N5C[C@H]6CC[C@@H](C5)S6)nc(OC[C@@]56CCCN5C[C@H](F)C6)nc4c3F)c12. The van der Waals surface area contributed by atoms with Crippen molar-refractivity contribution in [2.24, 2.45) is 0 Å². The number of aromatic nitrogens is 2. The van der Waals surface area contributed by atoms with Crippen LogP contribution in [-0.2, 0) is 6.42 Å². The minimum absolute atomic E-state index is 0.0301. The number of alkyl halides is 1. The lowest BCUT2D eigenvalue weighted by atomic mass is 9.92. The highest BCUT2D eigenvalue weighted by Gasteiger charge is 2.49. The van der Waals surface area contributed by atoms with Crippen LogP contribution in [0.3, 0.4) is 0 Å². The molecule has 2 bridgehead atoms. The molecular formula is C34H35F3N4O2S. The molecule has 0 radical (unpaired) electrons. The van der Waals surface area contributed by atoms with Crippen LogP contribution in [0.2, 0.25) is 0 Å². The monoisotopic (exact) mass is 620 g/mol. The summed E-state index contributed by atoms with van der Waals surface area (Å²) in [7, 11) is 0. The Labute approximate surface area is 258 Å². The zero-order valence-electron chi connectivity index (χ0n) is 24.7. The molecule has 1 N–H and O–H groups in total. The second kappa shape index (κ2) is 10.7. The summed E-state index contributed by atoms with van der Waals surface area (Å²) < 4.78 is 52.5. The first-order chi connectivity index (χ1) is 21.3. The lowest BCUT2D eigenvalue weighted by molar-refractivity contribution is 0.107. The number of ether oxygens (including phenoxy) is 1. The van der Waals surface area contributed by atoms with E-state index in [-0.39, 0.29) is 40.8 Å². The summed E-state index contributed by atoms with van der Waals surface area (Å²) in [5.74, 6) is -0.329. The van der Waals surface area contributed by atoms with Gasteiger partial charge in [0.05, 0.1) is 5.54 Å². The van der Waals surface area contributed by atoms with Gasteiger partial charge in [0.25, 0.3) is 0 Å². The molecule has 6 nitrogen and oxygen atoms in total. The minimum Gasteiger partial charge on any atom is -0.508 e. The molecule has 3 aromatic carbocycles. The van der Waals surface area contributed by atoms with E-state index in [1.807, 2.05) is 24.8 Å². The molecule has 1 aromatic heterocycles. The van der Waals surface area contributed by atoms with E-state index in [4.69, 9.17) is 9.72 Å². The zero-order valence-corrected chi connectivity index (χ0v) is 25.5. The summed E-state index contributed by atoms with van der Waals surface area (Å²) >= 11 is 2.02. The quantitative estimate of drug-likeness (QED) is 0.248. The average molecular weight is 621 g/mol. The maximum atomic E-state index is 16.8. The normalized spacial score (nSPS) is 26.6. The van der Waals surface area contributed by atoms with Gasteiger partial charge < -0.3 is 14.7 Å². The Morgan fingerprint density at radius 1 is 1.05 bits per heavy atom. The van der Waals surface area contributed by atoms with Gasteiger partial charge in [0.2, 0.25) is 0 Å². The Bertz CT molecular complexity index is 1780. The van der Waals surface area contributed by atoms with Crippen molar-refractivity contribution in [3.05, 3.63) is 53.6 Å². The van der Waals surface area contributed by atoms with Crippen molar-refractivity contribution < 1.29 is 23.0 Å². The smallest absolute Gasteiger partial charge is 0.319 e. The van der Waals surface area contributed by atoms with Gasteiger partial charge in [-0.25, -0.2) is 13.2 Å². The number of halogens is 3. The van der Waals surface area contributed by atoms with Gasteiger partial charge in [-0.15, -0.1) is 0 Å². The van der Waals surface area contributed by atoms with Gasteiger partial charge >= 0.3 is 6.01 Å². The van der Waals surface area contributed by atoms with Crippen LogP contribution in [0.1, 0.15) is 44.6 Å². The lowest BCUT2D eigenvalue weighted by Gasteiger charge is -2.33. The fourth-order valence-electron chi connectivity index (χ4n) is 8.13. The standard InChI is InChI=1S/C34H35F3N4O2S/c1-2-24-28(36)9-4-19-12-21(42)13-27(29(19)24)25-7-8-26-31(30(25)37)38-33(39-32(26)40-16-22-5-6-23(17-40)44-22)43-18-34-10-3-11-41(34)15-20(35)14-34/h4,7-9,12-13,20,22-23,42H,2-3,5-6,10-11,14-18H2,1H3/t20-,22-,23+,34+/m1/s1. The number of phenolic OH excluding ortho intramolecular Hbond substituents is 1. The van der Waals surface area contributed by atoms with Gasteiger partial charge in [-0.05, 0) is 84.8 Å². The van der Waals surface area contributed by atoms with Crippen molar-refractivity contribution in [1.82, 2.24) is 14.9 Å². The Morgan fingerprint density at radius 2 is 1.86 bits per heavy atom. The molecule has 8 rings (SSSR count). The number of hydrogen-bond acceptors (Lipinski definition) is 7. The van der Waals surface area contributed by atoms with Gasteiger partial charge in [0, 0.05) is 47.5 Å². The summed E-state index contributed by atoms with van der Waals surface area (Å²) in [5.41, 5.74) is 0.829. The molecule has 5 heterocycles. The van der Waals surface area contributed by atoms with Crippen LogP contribution in [0, 0.1) is 11.6 Å². The number of thioether (sulfide) groups is 1. The third kappa shape index (κ3) is 4.59. The third-order valence-electron chi connectivity index (χ3n) is 10.1. The van der Waals surface area contributed by atoms with Crippen molar-refractivity contribution >= 4 is 39.3 Å². The number of fused-ring (bicyclic) bond motifs is 5. The lowest BCUT2D eigenvalue weighted by Crippen LogP contribution is -2.43. The van der Waals surface area contributed by atoms with E-state index >= 15 is 4.39 Å². The van der Waals surface area contributed by atoms with E-state index in [1.54, 1.807) is 18.2 Å². The predicted octanol–water partition coefficient (Wildman–Crippen LogP) is 7.04. The second-order valence-electron chi connectivity index (χ2n) is 12.9. The second-order valence-corrected chi connectivity index (χ2v) is 14.5. The van der Waals surface area contributed by atoms with Crippen molar-refractivity contribution in [1.29, 1.82) is 0 Å². The molecule has 4 fully saturated rings. The minimum atomic E-state index is -0.886. The molecule has 0 amide bonds. The van der Waals surface area contributed by atoms with Crippen LogP contribution < -0.4 is 9.64 Å². The summed E-state index contributed by atoms with van der Waals surface area (Å²) in [4.78, 5) is 13.9. The average Bonchev–Trinajstić information content (AvgIpc) is 3.66. The first-order valence-electron chi connectivity index (χ1n) is 15.7. The molecule has 0 unspecified atom stereocenters. The fourth-order valence-corrected chi connectivity index (χ4v) is 9.75. The first kappa shape index (κ1) is 28.2. The van der Waals surface area contributed by atoms with Crippen LogP contribution in [0.15, 0.2) is 36.4 Å². The molecule has 0 spiro atoms. The van der Waals surface area contributed by atoms with Crippen molar-refractivity contribution in [2.45, 2.75) is 67.7 Å². The molecule has 44 heavy (non-hydrogen) atoms. The third-order valence-corrected chi connectivity index (χ3v) is 11.7.